The highest BCUT2D eigenvalue weighted by Gasteiger charge is 2.51. The minimum Gasteiger partial charge on any atom is -0.354 e. The highest BCUT2D eigenvalue weighted by molar-refractivity contribution is 5.49. The average molecular weight is 973 g/mol. The second kappa shape index (κ2) is 25.5. The summed E-state index contributed by atoms with van der Waals surface area (Å²) < 4.78 is 0. The summed E-state index contributed by atoms with van der Waals surface area (Å²) in [5, 5.41) is 11.4. The molecule has 0 aromatic carbocycles. The van der Waals surface area contributed by atoms with Crippen molar-refractivity contribution in [2.75, 3.05) is 46.6 Å². The van der Waals surface area contributed by atoms with Crippen LogP contribution in [0, 0.1) is 0 Å². The number of isocyanates is 2. The van der Waals surface area contributed by atoms with Crippen molar-refractivity contribution in [3.63, 3.8) is 0 Å². The van der Waals surface area contributed by atoms with Crippen LogP contribution in [-0.2, 0) is 19.3 Å². The van der Waals surface area contributed by atoms with Gasteiger partial charge >= 0.3 is 0 Å². The van der Waals surface area contributed by atoms with E-state index in [1.54, 1.807) is 12.2 Å². The molecule has 0 atom stereocenters. The molecule has 18 nitrogen and oxygen atoms in total. The Morgan fingerprint density at radius 3 is 1.21 bits per heavy atom. The molecular weight excluding hydrogens is 885 g/mol. The highest BCUT2D eigenvalue weighted by atomic mass is 16.7. The Morgan fingerprint density at radius 2 is 0.886 bits per heavy atom. The minimum atomic E-state index is -0.226. The Balaban J connectivity index is 1.05. The molecule has 6 rings (SSSR count). The minimum absolute atomic E-state index is 0.0566. The normalized spacial score (nSPS) is 21.1. The van der Waals surface area contributed by atoms with Gasteiger partial charge < -0.3 is 20.4 Å². The van der Waals surface area contributed by atoms with E-state index in [0.29, 0.717) is 36.9 Å². The van der Waals surface area contributed by atoms with Crippen molar-refractivity contribution in [2.45, 2.75) is 257 Å². The van der Waals surface area contributed by atoms with Gasteiger partial charge in [-0.25, -0.2) is 9.59 Å². The fourth-order valence-corrected chi connectivity index (χ4v) is 11.9. The third kappa shape index (κ3) is 15.2. The molecule has 0 amide bonds. The van der Waals surface area contributed by atoms with Crippen molar-refractivity contribution in [3.05, 3.63) is 0 Å². The largest absolute Gasteiger partial charge is 0.354 e. The zero-order chi connectivity index (χ0) is 50.4. The number of hydroxylamine groups is 4. The van der Waals surface area contributed by atoms with Gasteiger partial charge in [0.25, 0.3) is 11.9 Å². The third-order valence-corrected chi connectivity index (χ3v) is 14.8. The van der Waals surface area contributed by atoms with Gasteiger partial charge in [0, 0.05) is 60.4 Å². The van der Waals surface area contributed by atoms with E-state index in [4.69, 9.17) is 29.6 Å². The molecule has 2 saturated carbocycles. The van der Waals surface area contributed by atoms with E-state index in [9.17, 15) is 9.59 Å². The van der Waals surface area contributed by atoms with E-state index in [1.165, 1.54) is 38.5 Å². The molecule has 390 valence electrons. The first-order valence-electron chi connectivity index (χ1n) is 27.1. The molecular formula is C52H88N14O4. The summed E-state index contributed by atoms with van der Waals surface area (Å²) in [6.45, 7) is 25.5. The molecule has 70 heavy (non-hydrogen) atoms. The summed E-state index contributed by atoms with van der Waals surface area (Å²) in [6, 6.07) is 0.282. The van der Waals surface area contributed by atoms with Crippen molar-refractivity contribution in [1.82, 2.24) is 40.0 Å². The van der Waals surface area contributed by atoms with Gasteiger partial charge in [-0.05, 0) is 132 Å². The zero-order valence-corrected chi connectivity index (χ0v) is 44.7. The van der Waals surface area contributed by atoms with E-state index in [1.807, 2.05) is 0 Å². The molecule has 2 aromatic heterocycles. The first-order chi connectivity index (χ1) is 33.5. The molecule has 0 bridgehead atoms. The number of hydrogen-bond acceptors (Lipinski definition) is 18. The maximum atomic E-state index is 11.5. The first-order valence-corrected chi connectivity index (χ1v) is 27.1. The number of aliphatic imine (C=N–C) groups is 2. The predicted octanol–water partition coefficient (Wildman–Crippen LogP) is 10.9. The molecule has 4 fully saturated rings. The zero-order valence-electron chi connectivity index (χ0n) is 44.7. The van der Waals surface area contributed by atoms with Crippen LogP contribution in [0.25, 0.3) is 0 Å². The quantitative estimate of drug-likeness (QED) is 0.0542. The summed E-state index contributed by atoms with van der Waals surface area (Å²) in [5.41, 5.74) is -0.903. The summed E-state index contributed by atoms with van der Waals surface area (Å²) in [4.78, 5) is 77.2. The van der Waals surface area contributed by atoms with Crippen LogP contribution in [0.4, 0.5) is 35.7 Å². The predicted molar refractivity (Wildman–Crippen MR) is 277 cm³/mol. The molecule has 4 aliphatic rings. The van der Waals surface area contributed by atoms with Crippen LogP contribution < -0.4 is 20.4 Å². The Hall–Kier alpha value is -4.18. The molecule has 2 N–H and O–H groups in total. The summed E-state index contributed by atoms with van der Waals surface area (Å²) >= 11 is 0. The summed E-state index contributed by atoms with van der Waals surface area (Å²) in [7, 11) is 0. The number of anilines is 4. The van der Waals surface area contributed by atoms with Gasteiger partial charge in [0.05, 0.1) is 12.2 Å². The maximum Gasteiger partial charge on any atom is 0.267 e. The van der Waals surface area contributed by atoms with Gasteiger partial charge in [0.15, 0.2) is 0 Å². The molecule has 0 radical (unpaired) electrons. The van der Waals surface area contributed by atoms with E-state index < -0.39 is 0 Å². The van der Waals surface area contributed by atoms with Gasteiger partial charge in [-0.15, -0.1) is 9.98 Å². The number of aromatic nitrogens is 6. The number of nitrogens with one attached hydrogen (secondary N) is 2. The number of piperidine rings is 2. The Morgan fingerprint density at radius 1 is 0.529 bits per heavy atom. The van der Waals surface area contributed by atoms with Crippen LogP contribution >= 0.6 is 0 Å². The maximum absolute atomic E-state index is 11.5. The summed E-state index contributed by atoms with van der Waals surface area (Å²) in [6.07, 6.45) is 26.9. The van der Waals surface area contributed by atoms with Crippen LogP contribution in [0.5, 0.6) is 0 Å². The smallest absolute Gasteiger partial charge is 0.267 e. The molecule has 2 aliphatic heterocycles. The van der Waals surface area contributed by atoms with Gasteiger partial charge in [-0.2, -0.15) is 40.0 Å². The van der Waals surface area contributed by atoms with Crippen molar-refractivity contribution >= 4 is 47.8 Å². The summed E-state index contributed by atoms with van der Waals surface area (Å²) in [5.74, 6) is 1.97. The lowest BCUT2D eigenvalue weighted by molar-refractivity contribution is -0.310. The monoisotopic (exact) mass is 973 g/mol. The molecule has 0 spiro atoms. The van der Waals surface area contributed by atoms with E-state index in [2.05, 4.69) is 120 Å². The average Bonchev–Trinajstić information content (AvgIpc) is 3.30. The fraction of sp³-hybridized carbons (Fsp3) is 0.846. The molecule has 0 unspecified atom stereocenters. The number of hydrogen-bond donors (Lipinski definition) is 2. The highest BCUT2D eigenvalue weighted by Crippen LogP contribution is 2.44. The van der Waals surface area contributed by atoms with E-state index >= 15 is 0 Å². The van der Waals surface area contributed by atoms with Crippen LogP contribution in [-0.4, -0.2) is 125 Å². The molecule has 4 heterocycles. The Bertz CT molecular complexity index is 1860. The SMILES string of the molecule is CCCCN(c1nc(N=C=O)nc(NCCCCCCNc2nc(N=C=O)nc(N(CCCC)C3CC(C)(C)N(OC4CCCCC4)C(C)(C)C3)n2)n1)C1CC(C)(C)N(OC2CCCCC2)C(C)(C)C1. The van der Waals surface area contributed by atoms with Gasteiger partial charge in [-0.3, -0.25) is 9.68 Å². The lowest BCUT2D eigenvalue weighted by Crippen LogP contribution is -2.65. The van der Waals surface area contributed by atoms with Crippen LogP contribution in [0.3, 0.4) is 0 Å². The second-order valence-corrected chi connectivity index (χ2v) is 23.0. The van der Waals surface area contributed by atoms with Gasteiger partial charge in [0.2, 0.25) is 36.0 Å². The number of rotatable bonds is 25. The van der Waals surface area contributed by atoms with E-state index in [0.717, 1.165) is 116 Å². The fourth-order valence-electron chi connectivity index (χ4n) is 11.9. The van der Waals surface area contributed by atoms with Crippen molar-refractivity contribution in [3.8, 4) is 0 Å². The Labute approximate surface area is 419 Å². The lowest BCUT2D eigenvalue weighted by Gasteiger charge is -2.56. The third-order valence-electron chi connectivity index (χ3n) is 14.8. The van der Waals surface area contributed by atoms with Crippen molar-refractivity contribution in [2.24, 2.45) is 9.98 Å². The van der Waals surface area contributed by atoms with Crippen LogP contribution in [0.2, 0.25) is 0 Å². The molecule has 2 saturated heterocycles. The Kier molecular flexibility index (Phi) is 20.1. The van der Waals surface area contributed by atoms with Crippen LogP contribution in [0.15, 0.2) is 9.98 Å². The number of carbonyl (C=O) groups excluding carboxylic acids is 2. The molecule has 2 aromatic rings. The van der Waals surface area contributed by atoms with Crippen LogP contribution in [0.1, 0.15) is 210 Å². The lowest BCUT2D eigenvalue weighted by atomic mass is 9.78. The molecule has 18 heteroatoms. The standard InChI is InChI=1S/C52H88N14O4/c1-11-13-31-63(39-33-49(3,4)65(50(5,6)34-39)69-41-25-19-17-20-26-41)47-59-43(57-45(61-47)55-37-67)53-29-23-15-16-24-30-54-44-58-46(56-38-68)62-48(60-44)64(32-14-12-2)40-35-51(7,8)66(52(9,10)36-40)70-42-27-21-18-22-28-42/h39-42H,11-36H2,1-10H3,(H,53,57,59,61)(H,54,58,60,62). The number of unbranched alkanes of at least 4 members (excludes halogenated alkanes) is 5. The van der Waals surface area contributed by atoms with Crippen molar-refractivity contribution < 1.29 is 19.3 Å². The van der Waals surface area contributed by atoms with Gasteiger partial charge in [0.1, 0.15) is 0 Å². The van der Waals surface area contributed by atoms with Crippen molar-refractivity contribution in [1.29, 1.82) is 0 Å². The number of nitrogens with zero attached hydrogens (tertiary/aromatic N) is 12. The first kappa shape index (κ1) is 55.1. The topological polar surface area (TPSA) is 192 Å². The molecule has 2 aliphatic carbocycles. The van der Waals surface area contributed by atoms with E-state index in [-0.39, 0.29) is 58.3 Å². The second-order valence-electron chi connectivity index (χ2n) is 23.0. The van der Waals surface area contributed by atoms with Gasteiger partial charge in [-0.1, -0.05) is 78.1 Å².